The van der Waals surface area contributed by atoms with Gasteiger partial charge >= 0.3 is 0 Å². The molecule has 0 aromatic heterocycles. The van der Waals surface area contributed by atoms with E-state index in [9.17, 15) is 0 Å². The Kier molecular flexibility index (Phi) is 6.97. The maximum atomic E-state index is 7.44. The molecular formula is C34H16-2. The van der Waals surface area contributed by atoms with E-state index < -0.39 is 0 Å². The van der Waals surface area contributed by atoms with Gasteiger partial charge in [0.25, 0.3) is 0 Å². The van der Waals surface area contributed by atoms with Crippen LogP contribution < -0.4 is 0 Å². The first-order chi connectivity index (χ1) is 16.8. The first-order valence-corrected chi connectivity index (χ1v) is 10.6. The minimum atomic E-state index is 0.660. The fraction of sp³-hybridized carbons (Fsp3) is 0. The lowest BCUT2D eigenvalue weighted by Crippen LogP contribution is -1.87. The zero-order valence-electron chi connectivity index (χ0n) is 18.2. The average molecular weight is 425 g/mol. The Labute approximate surface area is 201 Å². The highest BCUT2D eigenvalue weighted by molar-refractivity contribution is 5.59. The van der Waals surface area contributed by atoms with Crippen LogP contribution in [0.25, 0.3) is 0 Å². The molecule has 34 heavy (non-hydrogen) atoms. The van der Waals surface area contributed by atoms with Gasteiger partial charge < -0.3 is 12.8 Å². The SMILES string of the molecule is [C-]#Cc1ccccc1C#Cc1ccccc1C#Cc1ccccc1C#Cc1ccccc1C#[C-]. The highest BCUT2D eigenvalue weighted by Gasteiger charge is 1.98. The topological polar surface area (TPSA) is 0 Å². The summed E-state index contributed by atoms with van der Waals surface area (Å²) < 4.78 is 0. The normalized spacial score (nSPS) is 9.00. The smallest absolute Gasteiger partial charge is 0.0405 e. The summed E-state index contributed by atoms with van der Waals surface area (Å²) in [6.45, 7) is 0. The molecule has 4 aromatic carbocycles. The predicted octanol–water partition coefficient (Wildman–Crippen LogP) is 5.76. The second-order valence-corrected chi connectivity index (χ2v) is 7.18. The van der Waals surface area contributed by atoms with Gasteiger partial charge in [-0.2, -0.15) is 0 Å². The van der Waals surface area contributed by atoms with Crippen molar-refractivity contribution in [2.75, 3.05) is 0 Å². The Morgan fingerprint density at radius 3 is 0.676 bits per heavy atom. The Bertz CT molecular complexity index is 1510. The molecule has 4 rings (SSSR count). The lowest BCUT2D eigenvalue weighted by molar-refractivity contribution is 1.55. The number of hydrogen-bond acceptors (Lipinski definition) is 0. The molecular weight excluding hydrogens is 408 g/mol. The van der Waals surface area contributed by atoms with E-state index in [1.807, 2.05) is 97.1 Å². The van der Waals surface area contributed by atoms with Gasteiger partial charge in [0, 0.05) is 22.3 Å². The van der Waals surface area contributed by atoms with Gasteiger partial charge in [0.2, 0.25) is 0 Å². The highest BCUT2D eigenvalue weighted by atomic mass is 14.0. The van der Waals surface area contributed by atoms with Crippen LogP contribution in [0, 0.1) is 60.2 Å². The summed E-state index contributed by atoms with van der Waals surface area (Å²) in [5.74, 6) is 24.0. The van der Waals surface area contributed by atoms with Crippen LogP contribution in [-0.2, 0) is 0 Å². The van der Waals surface area contributed by atoms with Gasteiger partial charge in [0.05, 0.1) is 0 Å². The van der Waals surface area contributed by atoms with Gasteiger partial charge in [-0.3, -0.25) is 11.8 Å². The standard InChI is InChI=1S/C34H16/c1-3-27-13-5-7-15-29(27)21-23-31-17-9-11-19-33(31)25-26-34-20-12-10-18-32(34)24-22-30-16-8-6-14-28(30)4-2/h5-20H/q-2. The van der Waals surface area contributed by atoms with Gasteiger partial charge in [-0.15, -0.1) is 23.3 Å². The molecule has 0 spiro atoms. The molecule has 4 aromatic rings. The molecule has 0 atom stereocenters. The fourth-order valence-electron chi connectivity index (χ4n) is 3.21. The van der Waals surface area contributed by atoms with E-state index in [-0.39, 0.29) is 0 Å². The van der Waals surface area contributed by atoms with Crippen molar-refractivity contribution in [2.24, 2.45) is 0 Å². The van der Waals surface area contributed by atoms with Crippen molar-refractivity contribution in [3.8, 4) is 47.4 Å². The van der Waals surface area contributed by atoms with Crippen LogP contribution >= 0.6 is 0 Å². The Morgan fingerprint density at radius 1 is 0.294 bits per heavy atom. The Hall–Kier alpha value is -5.32. The van der Waals surface area contributed by atoms with E-state index in [1.165, 1.54) is 0 Å². The summed E-state index contributed by atoms with van der Waals surface area (Å²) in [5.41, 5.74) is 6.09. The summed E-state index contributed by atoms with van der Waals surface area (Å²) in [6.07, 6.45) is 14.9. The maximum absolute atomic E-state index is 7.44. The van der Waals surface area contributed by atoms with Crippen LogP contribution in [0.5, 0.6) is 0 Å². The van der Waals surface area contributed by atoms with Crippen LogP contribution in [0.1, 0.15) is 44.5 Å². The van der Waals surface area contributed by atoms with Crippen molar-refractivity contribution >= 4 is 0 Å². The predicted molar refractivity (Wildman–Crippen MR) is 136 cm³/mol. The fourth-order valence-corrected chi connectivity index (χ4v) is 3.21. The van der Waals surface area contributed by atoms with E-state index in [4.69, 9.17) is 12.8 Å². The lowest BCUT2D eigenvalue weighted by Gasteiger charge is -2.03. The van der Waals surface area contributed by atoms with Crippen LogP contribution in [0.15, 0.2) is 97.1 Å². The first-order valence-electron chi connectivity index (χ1n) is 10.6. The van der Waals surface area contributed by atoms with Crippen molar-refractivity contribution in [3.63, 3.8) is 0 Å². The lowest BCUT2D eigenvalue weighted by atomic mass is 10.0. The van der Waals surface area contributed by atoms with Crippen LogP contribution in [0.3, 0.4) is 0 Å². The molecule has 0 saturated carbocycles. The van der Waals surface area contributed by atoms with Crippen LogP contribution in [0.2, 0.25) is 0 Å². The van der Waals surface area contributed by atoms with Gasteiger partial charge in [0.15, 0.2) is 0 Å². The minimum Gasteiger partial charge on any atom is -0.366 e. The Balaban J connectivity index is 1.68. The molecule has 0 aliphatic rings. The Morgan fingerprint density at radius 2 is 0.471 bits per heavy atom. The third-order valence-electron chi connectivity index (χ3n) is 4.97. The summed E-state index contributed by atoms with van der Waals surface area (Å²) in [5, 5.41) is 0. The molecule has 0 radical (unpaired) electrons. The molecule has 154 valence electrons. The minimum absolute atomic E-state index is 0.660. The van der Waals surface area contributed by atoms with E-state index in [0.717, 1.165) is 33.4 Å². The van der Waals surface area contributed by atoms with Gasteiger partial charge in [0.1, 0.15) is 0 Å². The zero-order chi connectivity index (χ0) is 23.6. The third-order valence-corrected chi connectivity index (χ3v) is 4.97. The first kappa shape index (κ1) is 21.9. The zero-order valence-corrected chi connectivity index (χ0v) is 18.2. The van der Waals surface area contributed by atoms with Gasteiger partial charge in [-0.1, -0.05) is 96.2 Å². The van der Waals surface area contributed by atoms with Gasteiger partial charge in [-0.25, -0.2) is 0 Å². The maximum Gasteiger partial charge on any atom is 0.0405 e. The third kappa shape index (κ3) is 5.29. The summed E-state index contributed by atoms with van der Waals surface area (Å²) in [6, 6.07) is 30.4. The number of hydrogen-bond donors (Lipinski definition) is 0. The molecule has 0 unspecified atom stereocenters. The van der Waals surface area contributed by atoms with Crippen LogP contribution in [0.4, 0.5) is 0 Å². The van der Waals surface area contributed by atoms with E-state index in [2.05, 4.69) is 47.4 Å². The molecule has 0 saturated heterocycles. The van der Waals surface area contributed by atoms with Crippen LogP contribution in [-0.4, -0.2) is 0 Å². The summed E-state index contributed by atoms with van der Waals surface area (Å²) in [7, 11) is 0. The monoisotopic (exact) mass is 424 g/mol. The molecule has 0 heteroatoms. The van der Waals surface area contributed by atoms with Crippen molar-refractivity contribution in [1.29, 1.82) is 0 Å². The molecule has 0 N–H and O–H groups in total. The second kappa shape index (κ2) is 10.8. The second-order valence-electron chi connectivity index (χ2n) is 7.18. The quantitative estimate of drug-likeness (QED) is 0.249. The van der Waals surface area contributed by atoms with Crippen molar-refractivity contribution in [2.45, 2.75) is 0 Å². The summed E-state index contributed by atoms with van der Waals surface area (Å²) >= 11 is 0. The molecule has 0 nitrogen and oxygen atoms in total. The highest BCUT2D eigenvalue weighted by Crippen LogP contribution is 2.11. The van der Waals surface area contributed by atoms with Crippen molar-refractivity contribution < 1.29 is 0 Å². The molecule has 0 heterocycles. The number of benzene rings is 4. The molecule has 0 fully saturated rings. The largest absolute Gasteiger partial charge is 0.366 e. The molecule has 0 aliphatic heterocycles. The van der Waals surface area contributed by atoms with Crippen molar-refractivity contribution in [1.82, 2.24) is 0 Å². The van der Waals surface area contributed by atoms with Crippen molar-refractivity contribution in [3.05, 3.63) is 154 Å². The van der Waals surface area contributed by atoms with Gasteiger partial charge in [-0.05, 0) is 35.4 Å². The summed E-state index contributed by atoms with van der Waals surface area (Å²) in [4.78, 5) is 0. The number of rotatable bonds is 0. The van der Waals surface area contributed by atoms with E-state index in [1.54, 1.807) is 0 Å². The average Bonchev–Trinajstić information content (AvgIpc) is 2.90. The molecule has 0 aliphatic carbocycles. The van der Waals surface area contributed by atoms with E-state index in [0.29, 0.717) is 11.1 Å². The molecule has 0 bridgehead atoms. The van der Waals surface area contributed by atoms with E-state index >= 15 is 0 Å². The molecule has 0 amide bonds.